The maximum absolute atomic E-state index is 11.1. The van der Waals surface area contributed by atoms with Crippen molar-refractivity contribution in [2.24, 2.45) is 0 Å². The third-order valence-corrected chi connectivity index (χ3v) is 4.37. The largest absolute Gasteiger partial charge is 0.378 e. The van der Waals surface area contributed by atoms with Gasteiger partial charge in [0.15, 0.2) is 0 Å². The molecule has 8 heteroatoms. The van der Waals surface area contributed by atoms with Gasteiger partial charge in [0, 0.05) is 60.2 Å². The van der Waals surface area contributed by atoms with Gasteiger partial charge in [0.1, 0.15) is 0 Å². The van der Waals surface area contributed by atoms with Crippen LogP contribution in [0.3, 0.4) is 0 Å². The van der Waals surface area contributed by atoms with Gasteiger partial charge in [-0.05, 0) is 13.8 Å². The van der Waals surface area contributed by atoms with E-state index in [0.717, 1.165) is 13.1 Å². The van der Waals surface area contributed by atoms with Crippen LogP contribution in [0.25, 0.3) is 0 Å². The van der Waals surface area contributed by atoms with Crippen molar-refractivity contribution in [2.45, 2.75) is 33.7 Å². The lowest BCUT2D eigenvalue weighted by Crippen LogP contribution is -2.37. The molecule has 2 amide bonds. The molecule has 0 N–H and O–H groups in total. The molecule has 0 spiro atoms. The summed E-state index contributed by atoms with van der Waals surface area (Å²) >= 11 is 0. The molecule has 0 saturated heterocycles. The van der Waals surface area contributed by atoms with E-state index in [1.807, 2.05) is 0 Å². The number of likely N-dealkylation sites (N-methyl/N-ethyl adjacent to an activating group) is 2. The zero-order valence-corrected chi connectivity index (χ0v) is 18.0. The van der Waals surface area contributed by atoms with Gasteiger partial charge < -0.3 is 24.0 Å². The molecular weight excluding hydrogens is 350 g/mol. The van der Waals surface area contributed by atoms with E-state index in [2.05, 4.69) is 18.7 Å². The third kappa shape index (κ3) is 14.5. The first-order valence-electron chi connectivity index (χ1n) is 9.66. The molecule has 0 heterocycles. The molecule has 0 bridgehead atoms. The smallest absolute Gasteiger partial charge is 0.219 e. The molecule has 0 saturated carbocycles. The van der Waals surface area contributed by atoms with Crippen LogP contribution in [-0.2, 0) is 23.8 Å². The minimum Gasteiger partial charge on any atom is -0.378 e. The molecule has 0 aromatic rings. The van der Waals surface area contributed by atoms with Gasteiger partial charge in [0.2, 0.25) is 11.8 Å². The van der Waals surface area contributed by atoms with E-state index >= 15 is 0 Å². The summed E-state index contributed by atoms with van der Waals surface area (Å²) in [6.45, 7) is 13.7. The van der Waals surface area contributed by atoms with Crippen LogP contribution >= 0.6 is 0 Å². The molecule has 0 unspecified atom stereocenters. The monoisotopic (exact) mass is 389 g/mol. The van der Waals surface area contributed by atoms with Gasteiger partial charge in [-0.25, -0.2) is 0 Å². The van der Waals surface area contributed by atoms with E-state index in [-0.39, 0.29) is 11.8 Å². The van der Waals surface area contributed by atoms with Gasteiger partial charge in [0.25, 0.3) is 0 Å². The fraction of sp³-hybridized carbons (Fsp3) is 0.895. The van der Waals surface area contributed by atoms with Crippen molar-refractivity contribution in [1.29, 1.82) is 0 Å². The van der Waals surface area contributed by atoms with E-state index in [0.29, 0.717) is 58.8 Å². The summed E-state index contributed by atoms with van der Waals surface area (Å²) in [7, 11) is 3.53. The second-order valence-electron chi connectivity index (χ2n) is 6.85. The van der Waals surface area contributed by atoms with Crippen molar-refractivity contribution in [1.82, 2.24) is 14.7 Å². The van der Waals surface area contributed by atoms with Gasteiger partial charge in [-0.2, -0.15) is 0 Å². The fourth-order valence-electron chi connectivity index (χ4n) is 2.13. The number of rotatable bonds is 16. The quantitative estimate of drug-likeness (QED) is 0.362. The first-order chi connectivity index (χ1) is 12.8. The molecular formula is C19H39N3O5. The lowest BCUT2D eigenvalue weighted by molar-refractivity contribution is -0.129. The normalized spacial score (nSPS) is 11.3. The van der Waals surface area contributed by atoms with Gasteiger partial charge in [0.05, 0.1) is 39.6 Å². The van der Waals surface area contributed by atoms with Crippen LogP contribution in [0.2, 0.25) is 0 Å². The second kappa shape index (κ2) is 15.8. The van der Waals surface area contributed by atoms with Crippen molar-refractivity contribution < 1.29 is 23.8 Å². The molecule has 0 aromatic heterocycles. The average molecular weight is 390 g/mol. The van der Waals surface area contributed by atoms with Crippen LogP contribution < -0.4 is 0 Å². The minimum atomic E-state index is 0.0403. The van der Waals surface area contributed by atoms with Crippen molar-refractivity contribution >= 4 is 11.8 Å². The Labute approximate surface area is 164 Å². The Hall–Kier alpha value is -1.22. The SMILES string of the molecule is CC(=O)N(C)CCOCCOCCN(CCOCCN(C)C(C)=O)C(C)C. The number of amides is 2. The number of carbonyl (C=O) groups excluding carboxylic acids is 2. The van der Waals surface area contributed by atoms with Crippen LogP contribution in [0.4, 0.5) is 0 Å². The molecule has 0 fully saturated rings. The summed E-state index contributed by atoms with van der Waals surface area (Å²) in [5, 5.41) is 0. The summed E-state index contributed by atoms with van der Waals surface area (Å²) in [6.07, 6.45) is 0. The van der Waals surface area contributed by atoms with E-state index in [1.165, 1.54) is 0 Å². The average Bonchev–Trinajstić information content (AvgIpc) is 2.60. The highest BCUT2D eigenvalue weighted by Crippen LogP contribution is 1.98. The minimum absolute atomic E-state index is 0.0403. The molecule has 0 aromatic carbocycles. The van der Waals surface area contributed by atoms with Crippen LogP contribution in [-0.4, -0.2) is 112 Å². The van der Waals surface area contributed by atoms with Crippen molar-refractivity contribution in [2.75, 3.05) is 79.9 Å². The van der Waals surface area contributed by atoms with Crippen LogP contribution in [0.1, 0.15) is 27.7 Å². The Morgan fingerprint density at radius 2 is 1.00 bits per heavy atom. The second-order valence-corrected chi connectivity index (χ2v) is 6.85. The lowest BCUT2D eigenvalue weighted by Gasteiger charge is -2.26. The van der Waals surface area contributed by atoms with Crippen LogP contribution in [0, 0.1) is 0 Å². The van der Waals surface area contributed by atoms with Gasteiger partial charge in [-0.1, -0.05) is 0 Å². The number of hydrogen-bond donors (Lipinski definition) is 0. The molecule has 0 aliphatic rings. The van der Waals surface area contributed by atoms with Crippen LogP contribution in [0.5, 0.6) is 0 Å². The maximum atomic E-state index is 11.1. The number of hydrogen-bond acceptors (Lipinski definition) is 6. The van der Waals surface area contributed by atoms with Crippen molar-refractivity contribution in [3.63, 3.8) is 0 Å². The van der Waals surface area contributed by atoms with Crippen LogP contribution in [0.15, 0.2) is 0 Å². The van der Waals surface area contributed by atoms with E-state index in [4.69, 9.17) is 14.2 Å². The Morgan fingerprint density at radius 1 is 0.667 bits per heavy atom. The number of nitrogens with zero attached hydrogens (tertiary/aromatic N) is 3. The summed E-state index contributed by atoms with van der Waals surface area (Å²) in [5.74, 6) is 0.0906. The van der Waals surface area contributed by atoms with Gasteiger partial charge >= 0.3 is 0 Å². The topological polar surface area (TPSA) is 71.6 Å². The Balaban J connectivity index is 3.67. The van der Waals surface area contributed by atoms with Crippen molar-refractivity contribution in [3.05, 3.63) is 0 Å². The standard InChI is InChI=1S/C19H39N3O5/c1-17(2)22(9-13-25-11-7-20(5)18(3)23)10-14-27-16-15-26-12-8-21(6)19(4)24/h17H,7-16H2,1-6H3. The number of carbonyl (C=O) groups is 2. The Morgan fingerprint density at radius 3 is 1.33 bits per heavy atom. The predicted molar refractivity (Wildman–Crippen MR) is 106 cm³/mol. The molecule has 0 radical (unpaired) electrons. The number of ether oxygens (including phenoxy) is 3. The first-order valence-corrected chi connectivity index (χ1v) is 9.66. The Kier molecular flexibility index (Phi) is 15.1. The highest BCUT2D eigenvalue weighted by molar-refractivity contribution is 5.73. The molecule has 0 rings (SSSR count). The summed E-state index contributed by atoms with van der Waals surface area (Å²) < 4.78 is 16.7. The third-order valence-electron chi connectivity index (χ3n) is 4.37. The Bertz CT molecular complexity index is 407. The summed E-state index contributed by atoms with van der Waals surface area (Å²) in [5.41, 5.74) is 0. The molecule has 8 nitrogen and oxygen atoms in total. The summed E-state index contributed by atoms with van der Waals surface area (Å²) in [4.78, 5) is 27.7. The molecule has 0 atom stereocenters. The molecule has 0 aliphatic heterocycles. The highest BCUT2D eigenvalue weighted by Gasteiger charge is 2.09. The summed E-state index contributed by atoms with van der Waals surface area (Å²) in [6, 6.07) is 0.412. The molecule has 0 aliphatic carbocycles. The molecule has 27 heavy (non-hydrogen) atoms. The van der Waals surface area contributed by atoms with E-state index < -0.39 is 0 Å². The predicted octanol–water partition coefficient (Wildman–Crippen LogP) is 0.703. The first kappa shape index (κ1) is 25.8. The highest BCUT2D eigenvalue weighted by atomic mass is 16.5. The fourth-order valence-corrected chi connectivity index (χ4v) is 2.13. The molecule has 160 valence electrons. The van der Waals surface area contributed by atoms with E-state index in [9.17, 15) is 9.59 Å². The zero-order valence-electron chi connectivity index (χ0n) is 18.0. The van der Waals surface area contributed by atoms with Gasteiger partial charge in [-0.15, -0.1) is 0 Å². The van der Waals surface area contributed by atoms with Gasteiger partial charge in [-0.3, -0.25) is 14.5 Å². The lowest BCUT2D eigenvalue weighted by atomic mass is 10.3. The zero-order chi connectivity index (χ0) is 20.7. The maximum Gasteiger partial charge on any atom is 0.219 e. The van der Waals surface area contributed by atoms with E-state index in [1.54, 1.807) is 37.7 Å². The van der Waals surface area contributed by atoms with Crippen molar-refractivity contribution in [3.8, 4) is 0 Å².